The van der Waals surface area contributed by atoms with E-state index in [0.717, 1.165) is 24.3 Å². The molecular formula is C27H30O15. The van der Waals surface area contributed by atoms with Gasteiger partial charge in [-0.1, -0.05) is 0 Å². The Morgan fingerprint density at radius 1 is 0.786 bits per heavy atom. The van der Waals surface area contributed by atoms with Crippen molar-refractivity contribution in [2.24, 2.45) is 0 Å². The van der Waals surface area contributed by atoms with E-state index in [0.29, 0.717) is 0 Å². The molecule has 2 aliphatic rings. The van der Waals surface area contributed by atoms with Crippen molar-refractivity contribution >= 4 is 11.0 Å². The van der Waals surface area contributed by atoms with Crippen LogP contribution in [0.2, 0.25) is 0 Å². The van der Waals surface area contributed by atoms with Crippen LogP contribution in [0.3, 0.4) is 0 Å². The lowest BCUT2D eigenvalue weighted by Gasteiger charge is -2.42. The number of aliphatic hydroxyl groups excluding tert-OH is 7. The highest BCUT2D eigenvalue weighted by atomic mass is 16.7. The first-order valence-electron chi connectivity index (χ1n) is 12.9. The Bertz CT molecular complexity index is 1520. The highest BCUT2D eigenvalue weighted by Gasteiger charge is 2.48. The van der Waals surface area contributed by atoms with Crippen molar-refractivity contribution in [2.45, 2.75) is 68.1 Å². The van der Waals surface area contributed by atoms with E-state index >= 15 is 0 Å². The zero-order chi connectivity index (χ0) is 30.6. The van der Waals surface area contributed by atoms with E-state index in [1.807, 2.05) is 0 Å². The fourth-order valence-corrected chi connectivity index (χ4v) is 5.07. The van der Waals surface area contributed by atoms with E-state index in [2.05, 4.69) is 0 Å². The molecule has 42 heavy (non-hydrogen) atoms. The zero-order valence-corrected chi connectivity index (χ0v) is 21.9. The molecule has 5 rings (SSSR count). The molecule has 0 amide bonds. The lowest BCUT2D eigenvalue weighted by atomic mass is 9.89. The van der Waals surface area contributed by atoms with Gasteiger partial charge in [0, 0.05) is 17.7 Å². The third-order valence-electron chi connectivity index (χ3n) is 7.47. The molecule has 10 N–H and O–H groups in total. The Hall–Kier alpha value is -3.51. The lowest BCUT2D eigenvalue weighted by molar-refractivity contribution is -0.269. The standard InChI is InChI=1S/C27H30O15/c1-8-19(33)21(35)24(38)27(39-8)42-15-6-13(32)17-12(31)5-14(9-2-3-10(29)11(30)4-9)40-25(17)18(15)26-23(37)22(36)20(34)16(7-28)41-26/h2-6,8,16,19-24,26-30,32-38H,7H2,1H3. The summed E-state index contributed by atoms with van der Waals surface area (Å²) in [6, 6.07) is 5.44. The minimum absolute atomic E-state index is 0.104. The average Bonchev–Trinajstić information content (AvgIpc) is 2.95. The summed E-state index contributed by atoms with van der Waals surface area (Å²) >= 11 is 0. The summed E-state index contributed by atoms with van der Waals surface area (Å²) in [4.78, 5) is 13.2. The number of phenolic OH excluding ortho intramolecular Hbond substituents is 3. The van der Waals surface area contributed by atoms with Crippen LogP contribution < -0.4 is 10.2 Å². The number of benzene rings is 2. The molecule has 15 nitrogen and oxygen atoms in total. The Morgan fingerprint density at radius 2 is 1.48 bits per heavy atom. The maximum absolute atomic E-state index is 13.2. The van der Waals surface area contributed by atoms with Crippen LogP contribution >= 0.6 is 0 Å². The Kier molecular flexibility index (Phi) is 8.06. The molecule has 2 aliphatic heterocycles. The van der Waals surface area contributed by atoms with Crippen molar-refractivity contribution in [1.29, 1.82) is 0 Å². The fraction of sp³-hybridized carbons (Fsp3) is 0.444. The van der Waals surface area contributed by atoms with Crippen LogP contribution in [-0.4, -0.2) is 113 Å². The van der Waals surface area contributed by atoms with E-state index < -0.39 is 107 Å². The number of hydrogen-bond donors (Lipinski definition) is 10. The molecule has 0 saturated carbocycles. The quantitative estimate of drug-likeness (QED) is 0.148. The van der Waals surface area contributed by atoms with Gasteiger partial charge in [0.15, 0.2) is 22.5 Å². The molecule has 0 radical (unpaired) electrons. The number of ether oxygens (including phenoxy) is 3. The van der Waals surface area contributed by atoms with Gasteiger partial charge in [-0.05, 0) is 25.1 Å². The molecule has 3 heterocycles. The second-order valence-corrected chi connectivity index (χ2v) is 10.2. The minimum atomic E-state index is -1.92. The topological polar surface area (TPSA) is 260 Å². The highest BCUT2D eigenvalue weighted by Crippen LogP contribution is 2.45. The van der Waals surface area contributed by atoms with E-state index in [1.165, 1.54) is 13.0 Å². The van der Waals surface area contributed by atoms with Crippen LogP contribution in [0.4, 0.5) is 0 Å². The van der Waals surface area contributed by atoms with Crippen molar-refractivity contribution in [3.8, 4) is 34.3 Å². The van der Waals surface area contributed by atoms with E-state index in [9.17, 15) is 55.9 Å². The first-order valence-corrected chi connectivity index (χ1v) is 12.9. The number of rotatable bonds is 5. The van der Waals surface area contributed by atoms with Gasteiger partial charge < -0.3 is 69.7 Å². The summed E-state index contributed by atoms with van der Waals surface area (Å²) in [7, 11) is 0. The molecule has 2 saturated heterocycles. The number of fused-ring (bicyclic) bond motifs is 1. The minimum Gasteiger partial charge on any atom is -0.507 e. The van der Waals surface area contributed by atoms with Crippen molar-refractivity contribution < 1.29 is 69.7 Å². The van der Waals surface area contributed by atoms with Crippen molar-refractivity contribution in [1.82, 2.24) is 0 Å². The number of aromatic hydroxyl groups is 3. The summed E-state index contributed by atoms with van der Waals surface area (Å²) in [5.41, 5.74) is -1.49. The molecule has 10 unspecified atom stereocenters. The molecule has 0 aliphatic carbocycles. The van der Waals surface area contributed by atoms with Crippen LogP contribution in [0.15, 0.2) is 39.5 Å². The van der Waals surface area contributed by atoms with Gasteiger partial charge in [0.2, 0.25) is 6.29 Å². The largest absolute Gasteiger partial charge is 0.507 e. The van der Waals surface area contributed by atoms with Gasteiger partial charge in [-0.3, -0.25) is 4.79 Å². The predicted molar refractivity (Wildman–Crippen MR) is 139 cm³/mol. The van der Waals surface area contributed by atoms with Gasteiger partial charge in [-0.15, -0.1) is 0 Å². The number of aliphatic hydroxyl groups is 7. The Balaban J connectivity index is 1.75. The van der Waals surface area contributed by atoms with Crippen molar-refractivity contribution in [3.63, 3.8) is 0 Å². The molecule has 2 aromatic carbocycles. The normalized spacial score (nSPS) is 33.5. The Morgan fingerprint density at radius 3 is 2.14 bits per heavy atom. The van der Waals surface area contributed by atoms with Crippen molar-refractivity contribution in [3.05, 3.63) is 46.1 Å². The second-order valence-electron chi connectivity index (χ2n) is 10.2. The average molecular weight is 595 g/mol. The fourth-order valence-electron chi connectivity index (χ4n) is 5.07. The van der Waals surface area contributed by atoms with Gasteiger partial charge in [0.05, 0.1) is 18.3 Å². The molecule has 3 aromatic rings. The van der Waals surface area contributed by atoms with Gasteiger partial charge in [0.1, 0.15) is 71.5 Å². The van der Waals surface area contributed by atoms with Crippen LogP contribution in [0.5, 0.6) is 23.0 Å². The smallest absolute Gasteiger partial charge is 0.229 e. The third-order valence-corrected chi connectivity index (χ3v) is 7.47. The highest BCUT2D eigenvalue weighted by molar-refractivity contribution is 5.90. The van der Waals surface area contributed by atoms with Crippen LogP contribution in [-0.2, 0) is 9.47 Å². The number of hydrogen-bond acceptors (Lipinski definition) is 15. The molecule has 1 aromatic heterocycles. The molecule has 15 heteroatoms. The summed E-state index contributed by atoms with van der Waals surface area (Å²) in [5.74, 6) is -2.31. The van der Waals surface area contributed by atoms with Crippen LogP contribution in [0.1, 0.15) is 18.6 Å². The molecule has 10 atom stereocenters. The molecule has 2 fully saturated rings. The first-order chi connectivity index (χ1) is 19.8. The van der Waals surface area contributed by atoms with Crippen LogP contribution in [0.25, 0.3) is 22.3 Å². The van der Waals surface area contributed by atoms with Gasteiger partial charge in [0.25, 0.3) is 0 Å². The predicted octanol–water partition coefficient (Wildman–Crippen LogP) is -1.70. The first kappa shape index (κ1) is 30.0. The molecule has 0 bridgehead atoms. The summed E-state index contributed by atoms with van der Waals surface area (Å²) in [6.07, 6.45) is -16.4. The zero-order valence-electron chi connectivity index (χ0n) is 21.9. The maximum Gasteiger partial charge on any atom is 0.229 e. The van der Waals surface area contributed by atoms with Gasteiger partial charge in [-0.2, -0.15) is 0 Å². The SMILES string of the molecule is CC1OC(Oc2cc(O)c3c(=O)cc(-c4ccc(O)c(O)c4)oc3c2C2OC(CO)C(O)C(O)C2O)C(O)C(O)C1O. The van der Waals surface area contributed by atoms with Crippen LogP contribution in [0, 0.1) is 0 Å². The van der Waals surface area contributed by atoms with Gasteiger partial charge >= 0.3 is 0 Å². The maximum atomic E-state index is 13.2. The lowest BCUT2D eigenvalue weighted by Crippen LogP contribution is -2.58. The number of phenols is 3. The summed E-state index contributed by atoms with van der Waals surface area (Å²) < 4.78 is 22.9. The molecular weight excluding hydrogens is 564 g/mol. The summed E-state index contributed by atoms with van der Waals surface area (Å²) in [5, 5.41) is 102. The van der Waals surface area contributed by atoms with Gasteiger partial charge in [-0.25, -0.2) is 0 Å². The summed E-state index contributed by atoms with van der Waals surface area (Å²) in [6.45, 7) is 0.590. The Labute approximate surface area is 236 Å². The van der Waals surface area contributed by atoms with E-state index in [1.54, 1.807) is 0 Å². The molecule has 0 spiro atoms. The monoisotopic (exact) mass is 594 g/mol. The third kappa shape index (κ3) is 5.04. The van der Waals surface area contributed by atoms with E-state index in [4.69, 9.17) is 18.6 Å². The van der Waals surface area contributed by atoms with E-state index in [-0.39, 0.29) is 16.9 Å². The van der Waals surface area contributed by atoms with Crippen molar-refractivity contribution in [2.75, 3.05) is 6.61 Å². The molecule has 228 valence electrons. The second kappa shape index (κ2) is 11.3.